The van der Waals surface area contributed by atoms with E-state index in [1.807, 2.05) is 48.7 Å². The Bertz CT molecular complexity index is 1640. The molecule has 5 nitrogen and oxygen atoms in total. The average molecular weight is 576 g/mol. The monoisotopic (exact) mass is 574 g/mol. The number of nitrogens with zero attached hydrogens (tertiary/aromatic N) is 4. The van der Waals surface area contributed by atoms with Gasteiger partial charge < -0.3 is 4.90 Å². The molecule has 0 atom stereocenters. The van der Waals surface area contributed by atoms with Crippen LogP contribution in [0.2, 0.25) is 10.0 Å². The number of hydrogen-bond acceptors (Lipinski definition) is 4. The van der Waals surface area contributed by atoms with Crippen LogP contribution in [-0.4, -0.2) is 39.0 Å². The number of amidine groups is 1. The third-order valence-corrected chi connectivity index (χ3v) is 8.55. The topological polar surface area (TPSA) is 50.5 Å². The van der Waals surface area contributed by atoms with Crippen molar-refractivity contribution in [3.8, 4) is 28.1 Å². The Labute approximate surface area is 243 Å². The molecule has 0 saturated carbocycles. The van der Waals surface area contributed by atoms with Crippen molar-refractivity contribution in [3.05, 3.63) is 92.4 Å². The lowest BCUT2D eigenvalue weighted by Gasteiger charge is -2.27. The fourth-order valence-corrected chi connectivity index (χ4v) is 5.93. The summed E-state index contributed by atoms with van der Waals surface area (Å²) >= 11 is 14.5. The van der Waals surface area contributed by atoms with E-state index in [-0.39, 0.29) is 5.91 Å². The SMILES string of the molecule is CCc1c(C2=NC(=O)C(C)(C)N2C)nn(-c2ccc(Cl)cc2Cl)c1-c1ccc(C#CCCc2ccccc2)s1. The summed E-state index contributed by atoms with van der Waals surface area (Å²) in [4.78, 5) is 21.0. The molecule has 198 valence electrons. The molecular weight excluding hydrogens is 547 g/mol. The van der Waals surface area contributed by atoms with Crippen molar-refractivity contribution < 1.29 is 4.79 Å². The molecule has 8 heteroatoms. The van der Waals surface area contributed by atoms with Crippen molar-refractivity contribution in [1.29, 1.82) is 0 Å². The highest BCUT2D eigenvalue weighted by Crippen LogP contribution is 2.38. The van der Waals surface area contributed by atoms with Gasteiger partial charge in [-0.3, -0.25) is 4.79 Å². The van der Waals surface area contributed by atoms with Gasteiger partial charge in [-0.15, -0.1) is 11.3 Å². The van der Waals surface area contributed by atoms with E-state index in [2.05, 4.69) is 54.1 Å². The van der Waals surface area contributed by atoms with Gasteiger partial charge in [0.05, 0.1) is 26.2 Å². The Morgan fingerprint density at radius 3 is 2.49 bits per heavy atom. The van der Waals surface area contributed by atoms with Crippen LogP contribution in [0.25, 0.3) is 16.3 Å². The fraction of sp³-hybridized carbons (Fsp3) is 0.258. The third kappa shape index (κ3) is 5.27. The molecule has 5 rings (SSSR count). The molecule has 1 aliphatic rings. The van der Waals surface area contributed by atoms with Crippen LogP contribution in [0.5, 0.6) is 0 Å². The van der Waals surface area contributed by atoms with E-state index in [9.17, 15) is 4.79 Å². The molecule has 0 aliphatic carbocycles. The van der Waals surface area contributed by atoms with Crippen LogP contribution in [0.15, 0.2) is 65.7 Å². The van der Waals surface area contributed by atoms with Gasteiger partial charge in [0.1, 0.15) is 11.2 Å². The van der Waals surface area contributed by atoms with E-state index in [1.54, 1.807) is 23.5 Å². The van der Waals surface area contributed by atoms with E-state index >= 15 is 0 Å². The number of carbonyl (C=O) groups excluding carboxylic acids is 1. The van der Waals surface area contributed by atoms with Gasteiger partial charge in [0.25, 0.3) is 5.91 Å². The Morgan fingerprint density at radius 2 is 1.82 bits per heavy atom. The lowest BCUT2D eigenvalue weighted by Crippen LogP contribution is -2.44. The Kier molecular flexibility index (Phi) is 7.68. The second kappa shape index (κ2) is 11.0. The summed E-state index contributed by atoms with van der Waals surface area (Å²) in [5.74, 6) is 7.01. The maximum absolute atomic E-state index is 12.7. The standard InChI is InChI=1S/C31H28Cl2N4OS/c1-5-23-27(29-34-30(38)31(2,3)36(29)4)35-37(25-17-15-21(32)19-24(25)33)28(23)26-18-16-22(39-26)14-10-9-13-20-11-7-6-8-12-20/h6-8,11-12,15-19H,5,9,13H2,1-4H3. The van der Waals surface area contributed by atoms with Gasteiger partial charge in [-0.05, 0) is 62.6 Å². The first-order valence-corrected chi connectivity index (χ1v) is 14.4. The predicted octanol–water partition coefficient (Wildman–Crippen LogP) is 7.45. The molecule has 39 heavy (non-hydrogen) atoms. The van der Waals surface area contributed by atoms with E-state index < -0.39 is 5.54 Å². The summed E-state index contributed by atoms with van der Waals surface area (Å²) in [6.07, 6.45) is 2.39. The minimum absolute atomic E-state index is 0.188. The summed E-state index contributed by atoms with van der Waals surface area (Å²) < 4.78 is 1.84. The molecule has 0 radical (unpaired) electrons. The van der Waals surface area contributed by atoms with Crippen LogP contribution < -0.4 is 0 Å². The van der Waals surface area contributed by atoms with Crippen LogP contribution >= 0.6 is 34.5 Å². The van der Waals surface area contributed by atoms with Gasteiger partial charge in [-0.1, -0.05) is 72.3 Å². The minimum atomic E-state index is -0.742. The van der Waals surface area contributed by atoms with Crippen LogP contribution in [0, 0.1) is 11.8 Å². The summed E-state index contributed by atoms with van der Waals surface area (Å²) in [6.45, 7) is 5.82. The molecule has 4 aromatic rings. The third-order valence-electron chi connectivity index (χ3n) is 7.01. The molecule has 0 fully saturated rings. The second-order valence-electron chi connectivity index (χ2n) is 9.85. The quantitative estimate of drug-likeness (QED) is 0.225. The number of aliphatic imine (C=N–C) groups is 1. The molecule has 0 unspecified atom stereocenters. The van der Waals surface area contributed by atoms with Gasteiger partial charge in [0.15, 0.2) is 5.84 Å². The number of amides is 1. The number of rotatable bonds is 6. The predicted molar refractivity (Wildman–Crippen MR) is 161 cm³/mol. The highest BCUT2D eigenvalue weighted by molar-refractivity contribution is 7.16. The average Bonchev–Trinajstić information content (AvgIpc) is 3.58. The lowest BCUT2D eigenvalue weighted by atomic mass is 10.0. The highest BCUT2D eigenvalue weighted by atomic mass is 35.5. The zero-order valence-electron chi connectivity index (χ0n) is 22.3. The molecular formula is C31H28Cl2N4OS. The van der Waals surface area contributed by atoms with Gasteiger partial charge >= 0.3 is 0 Å². The number of carbonyl (C=O) groups is 1. The van der Waals surface area contributed by atoms with Crippen molar-refractivity contribution in [2.45, 2.75) is 45.6 Å². The van der Waals surface area contributed by atoms with Crippen molar-refractivity contribution in [2.75, 3.05) is 7.05 Å². The molecule has 0 saturated heterocycles. The Hall–Kier alpha value is -3.37. The van der Waals surface area contributed by atoms with E-state index in [4.69, 9.17) is 28.3 Å². The Balaban J connectivity index is 1.57. The van der Waals surface area contributed by atoms with Crippen molar-refractivity contribution >= 4 is 46.3 Å². The van der Waals surface area contributed by atoms with E-state index in [0.717, 1.165) is 33.9 Å². The first kappa shape index (κ1) is 27.2. The number of thiophene rings is 1. The molecule has 1 aliphatic heterocycles. The molecule has 0 N–H and O–H groups in total. The Morgan fingerprint density at radius 1 is 1.05 bits per heavy atom. The van der Waals surface area contributed by atoms with Crippen LogP contribution in [0.4, 0.5) is 0 Å². The molecule has 0 spiro atoms. The van der Waals surface area contributed by atoms with Crippen molar-refractivity contribution in [1.82, 2.24) is 14.7 Å². The number of benzene rings is 2. The summed E-state index contributed by atoms with van der Waals surface area (Å²) in [5.41, 5.74) is 3.81. The number of aromatic nitrogens is 2. The first-order valence-electron chi connectivity index (χ1n) is 12.8. The molecule has 2 aromatic heterocycles. The molecule has 1 amide bonds. The highest BCUT2D eigenvalue weighted by Gasteiger charge is 2.42. The van der Waals surface area contributed by atoms with Gasteiger partial charge in [-0.2, -0.15) is 10.1 Å². The van der Waals surface area contributed by atoms with E-state index in [0.29, 0.717) is 33.7 Å². The van der Waals surface area contributed by atoms with Crippen molar-refractivity contribution in [2.24, 2.45) is 4.99 Å². The number of likely N-dealkylation sites (N-methyl/N-ethyl adjacent to an activating group) is 1. The second-order valence-corrected chi connectivity index (χ2v) is 11.8. The maximum Gasteiger partial charge on any atom is 0.273 e. The van der Waals surface area contributed by atoms with Gasteiger partial charge in [0, 0.05) is 24.1 Å². The smallest absolute Gasteiger partial charge is 0.273 e. The summed E-state index contributed by atoms with van der Waals surface area (Å²) in [6, 6.07) is 19.8. The van der Waals surface area contributed by atoms with Crippen LogP contribution in [0.1, 0.15) is 48.9 Å². The molecule has 0 bridgehead atoms. The number of aryl methyl sites for hydroxylation is 1. The fourth-order valence-electron chi connectivity index (χ4n) is 4.51. The zero-order chi connectivity index (χ0) is 27.7. The first-order chi connectivity index (χ1) is 18.7. The maximum atomic E-state index is 12.7. The van der Waals surface area contributed by atoms with Crippen molar-refractivity contribution in [3.63, 3.8) is 0 Å². The number of halogens is 2. The summed E-state index contributed by atoms with van der Waals surface area (Å²) in [7, 11) is 1.88. The lowest BCUT2D eigenvalue weighted by molar-refractivity contribution is -0.123. The molecule has 3 heterocycles. The number of hydrogen-bond donors (Lipinski definition) is 0. The largest absolute Gasteiger partial charge is 0.343 e. The zero-order valence-corrected chi connectivity index (χ0v) is 24.6. The van der Waals surface area contributed by atoms with Crippen LogP contribution in [0.3, 0.4) is 0 Å². The normalized spacial score (nSPS) is 14.4. The van der Waals surface area contributed by atoms with Gasteiger partial charge in [-0.25, -0.2) is 4.68 Å². The van der Waals surface area contributed by atoms with Crippen LogP contribution in [-0.2, 0) is 17.6 Å². The van der Waals surface area contributed by atoms with E-state index in [1.165, 1.54) is 5.56 Å². The van der Waals surface area contributed by atoms with Gasteiger partial charge in [0.2, 0.25) is 0 Å². The molecule has 2 aromatic carbocycles. The minimum Gasteiger partial charge on any atom is -0.343 e. The summed E-state index contributed by atoms with van der Waals surface area (Å²) in [5, 5.41) is 6.03.